The van der Waals surface area contributed by atoms with E-state index in [9.17, 15) is 74.6 Å². The highest BCUT2D eigenvalue weighted by Gasteiger charge is 2.63. The number of methoxy groups -OCH3 is 1. The number of anilines is 2. The van der Waals surface area contributed by atoms with Crippen molar-refractivity contribution in [2.75, 3.05) is 103 Å². The van der Waals surface area contributed by atoms with Gasteiger partial charge >= 0.3 is 36.2 Å². The molecule has 4 saturated heterocycles. The molecule has 0 radical (unpaired) electrons. The van der Waals surface area contributed by atoms with Crippen LogP contribution in [0.2, 0.25) is 10.0 Å². The number of esters is 3. The minimum absolute atomic E-state index is 0.0106. The maximum atomic E-state index is 15.0. The molecule has 6 aliphatic carbocycles. The number of carboxylic acid groups (broad SMARTS) is 1. The molecule has 3 N–H and O–H groups in total. The standard InChI is InChI=1S/C50H64ClF3N6O8S.C43H51ClN4O10.C7H12F3N/c1-8-31-23-49(31,46(64)65-7)24-39(61)38-20-33(25-60(38)45(63)35(48(4,5)6)21-42(62)68-32-18-29-17-30(29)19-32)67-41-22-36(37-26-69-47(57-37)55-28(2)3)56-44-34(41)9-10-40(43(44)51)66-16-15-58-11-13-59(14-12-58)27-50(52,53)54;1-7-25-18-43(25,40(53)54)19-33(50)32-15-27(20-48(32)39(52)29(42(4,5)6)16-36(51)58-26-13-23-12-24(23)14-26)57-35-17-30(31-21-56-41(47-31)45-22(2)3)46-38-28(35)8-9-34(37(38)44)55-11-10-49;8-7(9,10)6-11-4-2-1-3-5-11/h8-10,22,26,28-33,35,38H,1,11-21,23-25,27H2,2-7H3,(H,55,57);7-10,17,21-27,29,32H,1,11-16,18-20H2,2-6H3,(H,45,47)(H,53,54);1-6H2/t29-,30+,31-,32?,33-,35-,38+,49?;23-,24+,25-,26?,27-,29-,32+,43?;/m11./s1. The second-order valence-electron chi connectivity index (χ2n) is 41.6. The van der Waals surface area contributed by atoms with Crippen molar-refractivity contribution in [2.24, 2.45) is 69.0 Å². The van der Waals surface area contributed by atoms with Crippen molar-refractivity contribution < 1.29 is 112 Å². The van der Waals surface area contributed by atoms with Gasteiger partial charge in [0.1, 0.15) is 88.3 Å². The molecule has 10 fully saturated rings. The van der Waals surface area contributed by atoms with Gasteiger partial charge in [-0.05, 0) is 176 Å². The first-order valence-corrected chi connectivity index (χ1v) is 49.5. The van der Waals surface area contributed by atoms with Crippen LogP contribution in [-0.2, 0) is 57.4 Å². The number of Topliss-reactive ketones (excluding diaryl/α,β-unsaturated/α-hetero) is 2. The van der Waals surface area contributed by atoms with E-state index in [0.29, 0.717) is 144 Å². The van der Waals surface area contributed by atoms with Crippen LogP contribution in [0.1, 0.15) is 178 Å². The lowest BCUT2D eigenvalue weighted by molar-refractivity contribution is -0.157. The fourth-order valence-electron chi connectivity index (χ4n) is 20.6. The van der Waals surface area contributed by atoms with Crippen molar-refractivity contribution in [3.8, 4) is 45.8 Å². The van der Waals surface area contributed by atoms with E-state index >= 15 is 0 Å². The summed E-state index contributed by atoms with van der Waals surface area (Å²) < 4.78 is 122. The van der Waals surface area contributed by atoms with E-state index in [1.807, 2.05) is 79.5 Å². The van der Waals surface area contributed by atoms with E-state index in [4.69, 9.17) is 75.7 Å². The van der Waals surface area contributed by atoms with Gasteiger partial charge in [-0.25, -0.2) is 15.0 Å². The minimum Gasteiger partial charge on any atom is -0.491 e. The Morgan fingerprint density at radius 2 is 1.03 bits per heavy atom. The first-order valence-electron chi connectivity index (χ1n) is 47.9. The lowest BCUT2D eigenvalue weighted by atomic mass is 9.77. The molecule has 6 saturated carbocycles. The minimum atomic E-state index is -4.24. The number of allylic oxidation sites excluding steroid dienone is 2. The number of alkyl halides is 6. The first kappa shape index (κ1) is 104. The molecule has 4 unspecified atom stereocenters. The summed E-state index contributed by atoms with van der Waals surface area (Å²) in [6, 6.07) is 8.65. The Morgan fingerprint density at radius 3 is 1.47 bits per heavy atom. The van der Waals surface area contributed by atoms with Gasteiger partial charge in [-0.1, -0.05) is 83.3 Å². The third-order valence-electron chi connectivity index (χ3n) is 28.4. The number of halogens is 8. The number of aldehydes is 1. The Hall–Kier alpha value is -9.75. The molecule has 8 heterocycles. The van der Waals surface area contributed by atoms with Crippen LogP contribution in [0.5, 0.6) is 23.0 Å². The molecule has 0 bridgehead atoms. The second kappa shape index (κ2) is 43.0. The smallest absolute Gasteiger partial charge is 0.401 e. The van der Waals surface area contributed by atoms with Crippen molar-refractivity contribution >= 4 is 121 Å². The molecular formula is C100H127Cl2F6N11O18S. The average Bonchev–Trinajstić information content (AvgIpc) is 1.57. The van der Waals surface area contributed by atoms with Crippen LogP contribution in [-0.4, -0.2) is 256 Å². The van der Waals surface area contributed by atoms with Gasteiger partial charge in [-0.15, -0.1) is 24.5 Å². The predicted octanol–water partition coefficient (Wildman–Crippen LogP) is 17.4. The van der Waals surface area contributed by atoms with Gasteiger partial charge in [0.25, 0.3) is 6.01 Å². The molecule has 10 aliphatic rings. The molecule has 4 aliphatic heterocycles. The summed E-state index contributed by atoms with van der Waals surface area (Å²) in [6.07, 6.45) is 3.98. The summed E-state index contributed by atoms with van der Waals surface area (Å²) in [6.45, 7) is 28.4. The number of benzene rings is 2. The lowest BCUT2D eigenvalue weighted by Crippen LogP contribution is -2.49. The Morgan fingerprint density at radius 1 is 0.572 bits per heavy atom. The quantitative estimate of drug-likeness (QED) is 0.0107. The summed E-state index contributed by atoms with van der Waals surface area (Å²) in [4.78, 5) is 149. The molecule has 0 spiro atoms. The zero-order valence-electron chi connectivity index (χ0n) is 80.1. The van der Waals surface area contributed by atoms with Crippen molar-refractivity contribution in [2.45, 2.75) is 239 Å². The summed E-state index contributed by atoms with van der Waals surface area (Å²) in [5.41, 5.74) is -1.37. The fourth-order valence-corrected chi connectivity index (χ4v) is 21.9. The number of fused-ring (bicyclic) bond motifs is 4. The van der Waals surface area contributed by atoms with E-state index < -0.39 is 119 Å². The number of ketones is 2. The number of aliphatic carboxylic acids is 1. The molecule has 2 amide bonds. The van der Waals surface area contributed by atoms with Crippen LogP contribution in [0.25, 0.3) is 44.6 Å². The molecule has 29 nitrogen and oxygen atoms in total. The van der Waals surface area contributed by atoms with E-state index in [2.05, 4.69) is 28.8 Å². The zero-order chi connectivity index (χ0) is 99.6. The number of oxazole rings is 1. The molecular weight excluding hydrogens is 1860 g/mol. The number of aromatic nitrogens is 4. The molecule has 138 heavy (non-hydrogen) atoms. The van der Waals surface area contributed by atoms with E-state index in [0.717, 1.165) is 44.9 Å². The third-order valence-corrected chi connectivity index (χ3v) is 29.9. The number of likely N-dealkylation sites (tertiary alicyclic amines) is 3. The highest BCUT2D eigenvalue weighted by atomic mass is 35.5. The number of piperidine rings is 1. The summed E-state index contributed by atoms with van der Waals surface area (Å²) in [7, 11) is 1.29. The SMILES string of the molecule is C=C[C@@H]1CC1(CC(=O)[C@@H]1C[C@@H](Oc2cc(-c3coc(NC(C)C)n3)nc3c(Cl)c(OCC=O)ccc23)CN1C(=O)[C@@H](CC(=O)OC1C[C@@H]2C[C@@H]2C1)C(C)(C)C)C(=O)O.C=C[C@@H]1CC1(CC(=O)[C@@H]1C[C@@H](Oc2cc(-c3csc(NC(C)C)n3)nc3c(Cl)c(OCCN4CCN(CC(F)(F)F)CC4)ccc23)CN1C(=O)[C@@H](CC(=O)OC1C[C@@H]2C[C@@H]2C1)C(C)(C)C)C(=O)OC.FC(F)(F)CN1CCCCC1. The highest BCUT2D eigenvalue weighted by molar-refractivity contribution is 7.14. The Kier molecular flexibility index (Phi) is 32.4. The van der Waals surface area contributed by atoms with Gasteiger partial charge in [0.15, 0.2) is 23.0 Å². The van der Waals surface area contributed by atoms with Crippen LogP contribution >= 0.6 is 34.5 Å². The monoisotopic (exact) mass is 1990 g/mol. The van der Waals surface area contributed by atoms with Crippen molar-refractivity contribution in [1.82, 2.24) is 44.4 Å². The summed E-state index contributed by atoms with van der Waals surface area (Å²) >= 11 is 15.4. The fraction of sp³-hybridized carbons (Fsp3) is 0.630. The number of carbonyl (C=O) groups excluding carboxylic acids is 8. The molecule has 6 aromatic rings. The van der Waals surface area contributed by atoms with Crippen LogP contribution in [0.3, 0.4) is 0 Å². The number of piperazine rings is 1. The number of carboxylic acids is 1. The van der Waals surface area contributed by atoms with Crippen LogP contribution in [0.4, 0.5) is 37.5 Å². The predicted molar refractivity (Wildman–Crippen MR) is 506 cm³/mol. The van der Waals surface area contributed by atoms with Crippen molar-refractivity contribution in [3.05, 3.63) is 83.4 Å². The number of carbonyl (C=O) groups is 9. The molecule has 752 valence electrons. The van der Waals surface area contributed by atoms with Crippen LogP contribution in [0, 0.1) is 69.0 Å². The molecule has 16 rings (SSSR count). The highest BCUT2D eigenvalue weighted by Crippen LogP contribution is 2.60. The third kappa shape index (κ3) is 25.6. The number of nitrogens with zero attached hydrogens (tertiary/aromatic N) is 9. The summed E-state index contributed by atoms with van der Waals surface area (Å²) in [5, 5.41) is 20.5. The summed E-state index contributed by atoms with van der Waals surface area (Å²) in [5.74, 6) is -2.52. The topological polar surface area (TPSA) is 343 Å². The maximum absolute atomic E-state index is 15.0. The van der Waals surface area contributed by atoms with Crippen LogP contribution < -0.4 is 29.6 Å². The maximum Gasteiger partial charge on any atom is 0.401 e. The first-order chi connectivity index (χ1) is 65.2. The van der Waals surface area contributed by atoms with E-state index in [-0.39, 0.29) is 146 Å². The van der Waals surface area contributed by atoms with E-state index in [1.54, 1.807) is 48.6 Å². The molecule has 38 heteroatoms. The number of thiazole rings is 1. The van der Waals surface area contributed by atoms with Gasteiger partial charge in [-0.2, -0.15) is 31.3 Å². The Balaban J connectivity index is 0.000000200. The number of pyridine rings is 2. The van der Waals surface area contributed by atoms with Crippen molar-refractivity contribution in [1.29, 1.82) is 0 Å². The number of nitrogens with one attached hydrogen (secondary N) is 2. The second-order valence-corrected chi connectivity index (χ2v) is 43.2. The van der Waals surface area contributed by atoms with Gasteiger partial charge in [0, 0.05) is 98.8 Å². The number of hydrogen-bond acceptors (Lipinski definition) is 27. The lowest BCUT2D eigenvalue weighted by Gasteiger charge is -2.35. The van der Waals surface area contributed by atoms with Gasteiger partial charge in [0.05, 0.1) is 103 Å². The van der Waals surface area contributed by atoms with Crippen molar-refractivity contribution in [3.63, 3.8) is 0 Å². The Bertz CT molecular complexity index is 5460. The molecule has 16 atom stereocenters. The van der Waals surface area contributed by atoms with Gasteiger partial charge in [0.2, 0.25) is 11.8 Å². The Labute approximate surface area is 813 Å². The normalized spacial score (nSPS) is 26.1. The largest absolute Gasteiger partial charge is 0.491 e. The number of amides is 2. The zero-order valence-corrected chi connectivity index (χ0v) is 82.4. The number of ether oxygens (including phenoxy) is 7. The molecule has 2 aromatic carbocycles. The molecule has 4 aromatic heterocycles. The van der Waals surface area contributed by atoms with E-state index in [1.165, 1.54) is 57.2 Å². The average molecular weight is 1990 g/mol. The van der Waals surface area contributed by atoms with Gasteiger partial charge < -0.3 is 63.1 Å². The number of rotatable bonds is 37. The van der Waals surface area contributed by atoms with Gasteiger partial charge in [-0.3, -0.25) is 57.9 Å². The van der Waals surface area contributed by atoms with Crippen LogP contribution in [0.15, 0.2) is 77.8 Å². The number of hydrogen-bond donors (Lipinski definition) is 3.